The van der Waals surface area contributed by atoms with Crippen LogP contribution in [-0.2, 0) is 4.74 Å². The van der Waals surface area contributed by atoms with Gasteiger partial charge in [-0.3, -0.25) is 4.98 Å². The summed E-state index contributed by atoms with van der Waals surface area (Å²) in [5.74, 6) is -0.797. The summed E-state index contributed by atoms with van der Waals surface area (Å²) >= 11 is 0. The SMILES string of the molecule is COC(=O)c1cnc2cc(F)ccc2c1. The molecule has 1 heterocycles. The van der Waals surface area contributed by atoms with Crippen LogP contribution in [0, 0.1) is 5.82 Å². The lowest BCUT2D eigenvalue weighted by Crippen LogP contribution is -2.01. The lowest BCUT2D eigenvalue weighted by atomic mass is 10.1. The third kappa shape index (κ3) is 1.79. The van der Waals surface area contributed by atoms with Gasteiger partial charge in [0.15, 0.2) is 0 Å². The Balaban J connectivity index is 2.57. The number of fused-ring (bicyclic) bond motifs is 1. The molecule has 4 heteroatoms. The molecule has 0 aliphatic heterocycles. The minimum atomic E-state index is -0.450. The van der Waals surface area contributed by atoms with Crippen molar-refractivity contribution >= 4 is 16.9 Å². The van der Waals surface area contributed by atoms with E-state index in [0.717, 1.165) is 0 Å². The standard InChI is InChI=1S/C11H8FNO2/c1-15-11(14)8-4-7-2-3-9(12)5-10(7)13-6-8/h2-6H,1H3. The highest BCUT2D eigenvalue weighted by atomic mass is 19.1. The molecule has 0 N–H and O–H groups in total. The molecule has 0 radical (unpaired) electrons. The van der Waals surface area contributed by atoms with Crippen LogP contribution in [0.15, 0.2) is 30.5 Å². The van der Waals surface area contributed by atoms with E-state index in [1.54, 1.807) is 12.1 Å². The summed E-state index contributed by atoms with van der Waals surface area (Å²) < 4.78 is 17.4. The number of carbonyl (C=O) groups excluding carboxylic acids is 1. The molecule has 0 bridgehead atoms. The van der Waals surface area contributed by atoms with Crippen LogP contribution < -0.4 is 0 Å². The zero-order chi connectivity index (χ0) is 10.8. The minimum Gasteiger partial charge on any atom is -0.465 e. The summed E-state index contributed by atoms with van der Waals surface area (Å²) in [6, 6.07) is 5.83. The Morgan fingerprint density at radius 3 is 2.93 bits per heavy atom. The van der Waals surface area contributed by atoms with Gasteiger partial charge in [0.25, 0.3) is 0 Å². The number of methoxy groups -OCH3 is 1. The van der Waals surface area contributed by atoms with Crippen molar-refractivity contribution < 1.29 is 13.9 Å². The van der Waals surface area contributed by atoms with Crippen molar-refractivity contribution in [1.82, 2.24) is 4.98 Å². The molecule has 3 nitrogen and oxygen atoms in total. The third-order valence-electron chi connectivity index (χ3n) is 2.07. The highest BCUT2D eigenvalue weighted by molar-refractivity contribution is 5.93. The third-order valence-corrected chi connectivity index (χ3v) is 2.07. The van der Waals surface area contributed by atoms with E-state index in [2.05, 4.69) is 9.72 Å². The molecule has 0 aliphatic rings. The molecule has 0 amide bonds. The van der Waals surface area contributed by atoms with E-state index in [0.29, 0.717) is 16.5 Å². The zero-order valence-electron chi connectivity index (χ0n) is 8.03. The Bertz CT molecular complexity index is 525. The molecule has 1 aromatic carbocycles. The monoisotopic (exact) mass is 205 g/mol. The average molecular weight is 205 g/mol. The molecule has 0 atom stereocenters. The number of aromatic nitrogens is 1. The van der Waals surface area contributed by atoms with E-state index in [-0.39, 0.29) is 5.82 Å². The maximum Gasteiger partial charge on any atom is 0.339 e. The Kier molecular flexibility index (Phi) is 2.33. The van der Waals surface area contributed by atoms with E-state index in [4.69, 9.17) is 0 Å². The Morgan fingerprint density at radius 1 is 1.40 bits per heavy atom. The van der Waals surface area contributed by atoms with Crippen molar-refractivity contribution in [2.45, 2.75) is 0 Å². The number of carbonyl (C=O) groups is 1. The highest BCUT2D eigenvalue weighted by Crippen LogP contribution is 2.15. The maximum absolute atomic E-state index is 12.8. The van der Waals surface area contributed by atoms with Crippen molar-refractivity contribution in [2.75, 3.05) is 7.11 Å². The van der Waals surface area contributed by atoms with Crippen LogP contribution in [0.1, 0.15) is 10.4 Å². The first-order valence-electron chi connectivity index (χ1n) is 4.34. The van der Waals surface area contributed by atoms with E-state index in [9.17, 15) is 9.18 Å². The van der Waals surface area contributed by atoms with Crippen molar-refractivity contribution in [3.05, 3.63) is 41.8 Å². The molecule has 0 saturated heterocycles. The van der Waals surface area contributed by atoms with Crippen molar-refractivity contribution in [3.8, 4) is 0 Å². The summed E-state index contributed by atoms with van der Waals surface area (Å²) in [5, 5.41) is 0.708. The van der Waals surface area contributed by atoms with Crippen molar-refractivity contribution in [3.63, 3.8) is 0 Å². The van der Waals surface area contributed by atoms with Gasteiger partial charge in [-0.05, 0) is 18.2 Å². The minimum absolute atomic E-state index is 0.346. The van der Waals surface area contributed by atoms with Gasteiger partial charge in [0.05, 0.1) is 18.2 Å². The molecular weight excluding hydrogens is 197 g/mol. The first-order chi connectivity index (χ1) is 7.20. The van der Waals surface area contributed by atoms with E-state index in [1.807, 2.05) is 0 Å². The van der Waals surface area contributed by atoms with Gasteiger partial charge >= 0.3 is 5.97 Å². The Labute approximate surface area is 85.5 Å². The van der Waals surface area contributed by atoms with Crippen LogP contribution in [0.5, 0.6) is 0 Å². The van der Waals surface area contributed by atoms with Crippen LogP contribution in [-0.4, -0.2) is 18.1 Å². The zero-order valence-corrected chi connectivity index (χ0v) is 8.03. The Morgan fingerprint density at radius 2 is 2.20 bits per heavy atom. The van der Waals surface area contributed by atoms with Crippen LogP contribution in [0.4, 0.5) is 4.39 Å². The second kappa shape index (κ2) is 3.65. The maximum atomic E-state index is 12.8. The van der Waals surface area contributed by atoms with Crippen LogP contribution in [0.3, 0.4) is 0 Å². The first-order valence-corrected chi connectivity index (χ1v) is 4.34. The molecular formula is C11H8FNO2. The number of hydrogen-bond donors (Lipinski definition) is 0. The molecule has 15 heavy (non-hydrogen) atoms. The van der Waals surface area contributed by atoms with Gasteiger partial charge in [0.2, 0.25) is 0 Å². The summed E-state index contributed by atoms with van der Waals surface area (Å²) in [4.78, 5) is 15.2. The molecule has 0 saturated carbocycles. The van der Waals surface area contributed by atoms with Gasteiger partial charge in [-0.25, -0.2) is 9.18 Å². The van der Waals surface area contributed by atoms with E-state index >= 15 is 0 Å². The first kappa shape index (κ1) is 9.58. The summed E-state index contributed by atoms with van der Waals surface area (Å²) in [7, 11) is 1.30. The summed E-state index contributed by atoms with van der Waals surface area (Å²) in [5.41, 5.74) is 0.874. The molecule has 2 aromatic rings. The summed E-state index contributed by atoms with van der Waals surface area (Å²) in [6.07, 6.45) is 1.37. The highest BCUT2D eigenvalue weighted by Gasteiger charge is 2.06. The van der Waals surface area contributed by atoms with Gasteiger partial charge in [-0.15, -0.1) is 0 Å². The molecule has 0 unspecified atom stereocenters. The number of nitrogens with zero attached hydrogens (tertiary/aromatic N) is 1. The number of pyridine rings is 1. The average Bonchev–Trinajstić information content (AvgIpc) is 2.27. The summed E-state index contributed by atoms with van der Waals surface area (Å²) in [6.45, 7) is 0. The molecule has 0 fully saturated rings. The van der Waals surface area contributed by atoms with Gasteiger partial charge < -0.3 is 4.74 Å². The van der Waals surface area contributed by atoms with Crippen LogP contribution >= 0.6 is 0 Å². The molecule has 2 rings (SSSR count). The van der Waals surface area contributed by atoms with Gasteiger partial charge in [0.1, 0.15) is 5.82 Å². The number of ether oxygens (including phenoxy) is 1. The predicted octanol–water partition coefficient (Wildman–Crippen LogP) is 2.16. The van der Waals surface area contributed by atoms with E-state index in [1.165, 1.54) is 25.4 Å². The number of esters is 1. The predicted molar refractivity (Wildman–Crippen MR) is 53.0 cm³/mol. The van der Waals surface area contributed by atoms with Crippen LogP contribution in [0.2, 0.25) is 0 Å². The van der Waals surface area contributed by atoms with Crippen molar-refractivity contribution in [2.24, 2.45) is 0 Å². The van der Waals surface area contributed by atoms with Gasteiger partial charge in [-0.1, -0.05) is 0 Å². The molecule has 0 aliphatic carbocycles. The second-order valence-electron chi connectivity index (χ2n) is 3.05. The molecule has 0 spiro atoms. The molecule has 76 valence electrons. The number of benzene rings is 1. The number of rotatable bonds is 1. The second-order valence-corrected chi connectivity index (χ2v) is 3.05. The normalized spacial score (nSPS) is 10.3. The smallest absolute Gasteiger partial charge is 0.339 e. The number of hydrogen-bond acceptors (Lipinski definition) is 3. The van der Waals surface area contributed by atoms with Gasteiger partial charge in [-0.2, -0.15) is 0 Å². The largest absolute Gasteiger partial charge is 0.465 e. The van der Waals surface area contributed by atoms with E-state index < -0.39 is 5.97 Å². The fourth-order valence-electron chi connectivity index (χ4n) is 1.32. The lowest BCUT2D eigenvalue weighted by molar-refractivity contribution is 0.0600. The van der Waals surface area contributed by atoms with Gasteiger partial charge in [0, 0.05) is 17.6 Å². The topological polar surface area (TPSA) is 39.2 Å². The quantitative estimate of drug-likeness (QED) is 0.669. The fourth-order valence-corrected chi connectivity index (χ4v) is 1.32. The lowest BCUT2D eigenvalue weighted by Gasteiger charge is -2.01. The van der Waals surface area contributed by atoms with Crippen LogP contribution in [0.25, 0.3) is 10.9 Å². The molecule has 1 aromatic heterocycles. The fraction of sp³-hybridized carbons (Fsp3) is 0.0909. The number of halogens is 1. The Hall–Kier alpha value is -1.97. The van der Waals surface area contributed by atoms with Crippen molar-refractivity contribution in [1.29, 1.82) is 0 Å².